The molecular formula is C13H16FN3. The minimum Gasteiger partial charge on any atom is -0.396 e. The second-order valence-electron chi connectivity index (χ2n) is 4.06. The fourth-order valence-electron chi connectivity index (χ4n) is 1.70. The van der Waals surface area contributed by atoms with Gasteiger partial charge in [0.1, 0.15) is 11.5 Å². The van der Waals surface area contributed by atoms with E-state index in [4.69, 9.17) is 5.73 Å². The Morgan fingerprint density at radius 1 is 1.29 bits per heavy atom. The summed E-state index contributed by atoms with van der Waals surface area (Å²) in [6.07, 6.45) is 4.02. The molecule has 1 aromatic heterocycles. The Morgan fingerprint density at radius 2 is 2.00 bits per heavy atom. The first-order valence-electron chi connectivity index (χ1n) is 5.79. The van der Waals surface area contributed by atoms with Crippen LogP contribution in [0.1, 0.15) is 19.8 Å². The Kier molecular flexibility index (Phi) is 3.42. The molecule has 2 rings (SSSR count). The Balaban J connectivity index is 2.26. The third kappa shape index (κ3) is 2.64. The van der Waals surface area contributed by atoms with Gasteiger partial charge in [0.15, 0.2) is 0 Å². The molecule has 1 aromatic carbocycles. The van der Waals surface area contributed by atoms with Crippen LogP contribution in [0.5, 0.6) is 0 Å². The van der Waals surface area contributed by atoms with Crippen LogP contribution in [0, 0.1) is 5.82 Å². The van der Waals surface area contributed by atoms with Gasteiger partial charge in [-0.3, -0.25) is 4.68 Å². The topological polar surface area (TPSA) is 43.8 Å². The van der Waals surface area contributed by atoms with Crippen LogP contribution in [0.25, 0.3) is 11.3 Å². The van der Waals surface area contributed by atoms with Crippen LogP contribution < -0.4 is 5.73 Å². The van der Waals surface area contributed by atoms with Gasteiger partial charge in [0.25, 0.3) is 0 Å². The molecule has 0 radical (unpaired) electrons. The molecule has 2 N–H and O–H groups in total. The van der Waals surface area contributed by atoms with Crippen molar-refractivity contribution < 1.29 is 4.39 Å². The molecule has 1 heterocycles. The smallest absolute Gasteiger partial charge is 0.123 e. The number of halogens is 1. The quantitative estimate of drug-likeness (QED) is 0.882. The van der Waals surface area contributed by atoms with Crippen molar-refractivity contribution in [2.45, 2.75) is 26.3 Å². The molecule has 0 saturated heterocycles. The van der Waals surface area contributed by atoms with Gasteiger partial charge in [0.05, 0.1) is 5.69 Å². The summed E-state index contributed by atoms with van der Waals surface area (Å²) in [5.74, 6) is -0.252. The summed E-state index contributed by atoms with van der Waals surface area (Å²) in [5, 5.41) is 4.42. The van der Waals surface area contributed by atoms with Crippen molar-refractivity contribution in [3.63, 3.8) is 0 Å². The number of nitrogens with two attached hydrogens (primary N) is 1. The second kappa shape index (κ2) is 4.99. The third-order valence-electron chi connectivity index (χ3n) is 2.65. The van der Waals surface area contributed by atoms with Gasteiger partial charge in [0, 0.05) is 18.3 Å². The molecule has 0 bridgehead atoms. The van der Waals surface area contributed by atoms with Crippen LogP contribution in [0.4, 0.5) is 10.1 Å². The normalized spacial score (nSPS) is 10.7. The number of rotatable bonds is 4. The van der Waals surface area contributed by atoms with Gasteiger partial charge in [-0.05, 0) is 30.7 Å². The Hall–Kier alpha value is -1.84. The van der Waals surface area contributed by atoms with Crippen molar-refractivity contribution >= 4 is 5.69 Å². The molecule has 0 fully saturated rings. The average Bonchev–Trinajstić information content (AvgIpc) is 2.69. The van der Waals surface area contributed by atoms with Crippen molar-refractivity contribution in [2.75, 3.05) is 5.73 Å². The summed E-state index contributed by atoms with van der Waals surface area (Å²) < 4.78 is 14.7. The van der Waals surface area contributed by atoms with Crippen molar-refractivity contribution in [3.05, 3.63) is 36.3 Å². The number of nitrogens with zero attached hydrogens (tertiary/aromatic N) is 2. The summed E-state index contributed by atoms with van der Waals surface area (Å²) in [6, 6.07) is 6.22. The van der Waals surface area contributed by atoms with Gasteiger partial charge in [-0.2, -0.15) is 5.10 Å². The van der Waals surface area contributed by atoms with E-state index >= 15 is 0 Å². The number of aromatic nitrogens is 2. The van der Waals surface area contributed by atoms with Crippen LogP contribution in [-0.4, -0.2) is 9.78 Å². The summed E-state index contributed by atoms with van der Waals surface area (Å²) in [5.41, 5.74) is 8.11. The van der Waals surface area contributed by atoms with Gasteiger partial charge < -0.3 is 5.73 Å². The van der Waals surface area contributed by atoms with E-state index in [1.54, 1.807) is 12.1 Å². The molecule has 0 unspecified atom stereocenters. The first-order valence-corrected chi connectivity index (χ1v) is 5.79. The number of aryl methyl sites for hydroxylation is 1. The van der Waals surface area contributed by atoms with Crippen LogP contribution in [-0.2, 0) is 6.54 Å². The van der Waals surface area contributed by atoms with E-state index in [0.29, 0.717) is 5.69 Å². The Bertz CT molecular complexity index is 488. The number of benzene rings is 1. The first-order chi connectivity index (χ1) is 8.20. The lowest BCUT2D eigenvalue weighted by Gasteiger charge is -1.99. The maximum Gasteiger partial charge on any atom is 0.123 e. The van der Waals surface area contributed by atoms with Crippen molar-refractivity contribution in [1.82, 2.24) is 9.78 Å². The lowest BCUT2D eigenvalue weighted by molar-refractivity contribution is 0.573. The van der Waals surface area contributed by atoms with Gasteiger partial charge in [-0.25, -0.2) is 4.39 Å². The monoisotopic (exact) mass is 233 g/mol. The molecule has 0 amide bonds. The molecule has 90 valence electrons. The van der Waals surface area contributed by atoms with Gasteiger partial charge >= 0.3 is 0 Å². The van der Waals surface area contributed by atoms with Gasteiger partial charge in [-0.1, -0.05) is 13.3 Å². The minimum atomic E-state index is -0.252. The minimum absolute atomic E-state index is 0.252. The second-order valence-corrected chi connectivity index (χ2v) is 4.06. The summed E-state index contributed by atoms with van der Waals surface area (Å²) in [6.45, 7) is 3.00. The van der Waals surface area contributed by atoms with Crippen LogP contribution in [0.3, 0.4) is 0 Å². The zero-order valence-corrected chi connectivity index (χ0v) is 9.86. The summed E-state index contributed by atoms with van der Waals surface area (Å²) in [4.78, 5) is 0. The molecule has 0 saturated carbocycles. The molecule has 0 aliphatic carbocycles. The van der Waals surface area contributed by atoms with Crippen LogP contribution in [0.15, 0.2) is 30.5 Å². The van der Waals surface area contributed by atoms with E-state index in [2.05, 4.69) is 12.0 Å². The van der Waals surface area contributed by atoms with E-state index < -0.39 is 0 Å². The van der Waals surface area contributed by atoms with E-state index in [1.165, 1.54) is 12.1 Å². The number of anilines is 1. The number of hydrogen-bond donors (Lipinski definition) is 1. The molecule has 3 nitrogen and oxygen atoms in total. The van der Waals surface area contributed by atoms with Crippen LogP contribution in [0.2, 0.25) is 0 Å². The molecule has 4 heteroatoms. The maximum atomic E-state index is 12.8. The molecule has 2 aromatic rings. The summed E-state index contributed by atoms with van der Waals surface area (Å²) in [7, 11) is 0. The largest absolute Gasteiger partial charge is 0.396 e. The predicted molar refractivity (Wildman–Crippen MR) is 66.9 cm³/mol. The number of nitrogen functional groups attached to an aromatic ring is 1. The Labute approximate surface area is 100 Å². The molecule has 0 spiro atoms. The molecular weight excluding hydrogens is 217 g/mol. The fourth-order valence-corrected chi connectivity index (χ4v) is 1.70. The van der Waals surface area contributed by atoms with E-state index in [1.807, 2.05) is 10.9 Å². The van der Waals surface area contributed by atoms with E-state index in [-0.39, 0.29) is 5.82 Å². The predicted octanol–water partition coefficient (Wildman–Crippen LogP) is 3.07. The zero-order valence-electron chi connectivity index (χ0n) is 9.86. The van der Waals surface area contributed by atoms with Crippen molar-refractivity contribution in [2.24, 2.45) is 0 Å². The Morgan fingerprint density at radius 3 is 2.65 bits per heavy atom. The van der Waals surface area contributed by atoms with Crippen molar-refractivity contribution in [1.29, 1.82) is 0 Å². The lowest BCUT2D eigenvalue weighted by Crippen LogP contribution is -1.97. The highest BCUT2D eigenvalue weighted by atomic mass is 19.1. The van der Waals surface area contributed by atoms with Gasteiger partial charge in [-0.15, -0.1) is 0 Å². The lowest BCUT2D eigenvalue weighted by atomic mass is 10.1. The molecule has 17 heavy (non-hydrogen) atoms. The molecule has 0 aliphatic rings. The maximum absolute atomic E-state index is 12.8. The van der Waals surface area contributed by atoms with Crippen LogP contribution >= 0.6 is 0 Å². The van der Waals surface area contributed by atoms with E-state index in [0.717, 1.165) is 30.6 Å². The summed E-state index contributed by atoms with van der Waals surface area (Å²) >= 11 is 0. The fraction of sp³-hybridized carbons (Fsp3) is 0.308. The first kappa shape index (κ1) is 11.6. The third-order valence-corrected chi connectivity index (χ3v) is 2.65. The molecule has 0 aliphatic heterocycles. The standard InChI is InChI=1S/C13H16FN3/c1-2-3-8-17-9-12(15)13(16-17)10-4-6-11(14)7-5-10/h4-7,9H,2-3,8,15H2,1H3. The number of unbranched alkanes of at least 4 members (excludes halogenated alkanes) is 1. The zero-order chi connectivity index (χ0) is 12.3. The molecule has 0 atom stereocenters. The number of hydrogen-bond acceptors (Lipinski definition) is 2. The average molecular weight is 233 g/mol. The highest BCUT2D eigenvalue weighted by molar-refractivity contribution is 5.71. The van der Waals surface area contributed by atoms with Gasteiger partial charge in [0.2, 0.25) is 0 Å². The SMILES string of the molecule is CCCCn1cc(N)c(-c2ccc(F)cc2)n1. The highest BCUT2D eigenvalue weighted by Crippen LogP contribution is 2.24. The van der Waals surface area contributed by atoms with E-state index in [9.17, 15) is 4.39 Å². The van der Waals surface area contributed by atoms with Crippen molar-refractivity contribution in [3.8, 4) is 11.3 Å². The highest BCUT2D eigenvalue weighted by Gasteiger charge is 2.08.